The Labute approximate surface area is 102 Å². The summed E-state index contributed by atoms with van der Waals surface area (Å²) in [4.78, 5) is -1.81. The highest BCUT2D eigenvalue weighted by molar-refractivity contribution is 7.92. The van der Waals surface area contributed by atoms with E-state index in [9.17, 15) is 13.5 Å². The van der Waals surface area contributed by atoms with Gasteiger partial charge >= 0.3 is 0 Å². The minimum Gasteiger partial charge on any atom is -0.495 e. The van der Waals surface area contributed by atoms with Crippen LogP contribution in [0.5, 0.6) is 5.75 Å². The van der Waals surface area contributed by atoms with E-state index in [1.54, 1.807) is 6.07 Å². The molecular formula is C12H18O4S. The minimum atomic E-state index is -3.83. The van der Waals surface area contributed by atoms with Crippen LogP contribution in [0.2, 0.25) is 0 Å². The van der Waals surface area contributed by atoms with Crippen molar-refractivity contribution in [2.24, 2.45) is 0 Å². The van der Waals surface area contributed by atoms with Crippen molar-refractivity contribution in [2.75, 3.05) is 7.11 Å². The Balaban J connectivity index is 3.57. The Bertz CT molecular complexity index is 524. The van der Waals surface area contributed by atoms with Gasteiger partial charge in [0, 0.05) is 0 Å². The lowest BCUT2D eigenvalue weighted by molar-refractivity contribution is 0.164. The fourth-order valence-electron chi connectivity index (χ4n) is 1.40. The zero-order valence-electron chi connectivity index (χ0n) is 10.7. The molecule has 0 saturated heterocycles. The topological polar surface area (TPSA) is 63.6 Å². The molecule has 17 heavy (non-hydrogen) atoms. The van der Waals surface area contributed by atoms with Crippen LogP contribution in [0.25, 0.3) is 0 Å². The molecule has 0 aromatic heterocycles. The number of hydrogen-bond acceptors (Lipinski definition) is 4. The fraction of sp³-hybridized carbons (Fsp3) is 0.500. The molecule has 1 N–H and O–H groups in total. The maximum Gasteiger partial charge on any atom is 0.210 e. The average Bonchev–Trinajstić information content (AvgIpc) is 2.19. The van der Waals surface area contributed by atoms with Gasteiger partial charge in [0.25, 0.3) is 0 Å². The summed E-state index contributed by atoms with van der Waals surface area (Å²) in [5.41, 5.74) is 1.78. The first kappa shape index (κ1) is 14.0. The van der Waals surface area contributed by atoms with Crippen molar-refractivity contribution in [2.45, 2.75) is 37.5 Å². The van der Waals surface area contributed by atoms with E-state index in [2.05, 4.69) is 0 Å². The van der Waals surface area contributed by atoms with Gasteiger partial charge in [0.05, 0.1) is 7.11 Å². The van der Waals surface area contributed by atoms with Crippen LogP contribution in [0.3, 0.4) is 0 Å². The Hall–Kier alpha value is -1.07. The van der Waals surface area contributed by atoms with E-state index in [1.165, 1.54) is 27.0 Å². The second-order valence-corrected chi connectivity index (χ2v) is 6.98. The molecule has 0 fully saturated rings. The highest BCUT2D eigenvalue weighted by Gasteiger charge is 2.35. The number of rotatable bonds is 3. The van der Waals surface area contributed by atoms with Crippen molar-refractivity contribution in [1.29, 1.82) is 0 Å². The van der Waals surface area contributed by atoms with Crippen LogP contribution in [0.4, 0.5) is 0 Å². The first-order valence-corrected chi connectivity index (χ1v) is 6.72. The molecule has 1 aromatic carbocycles. The molecule has 0 amide bonds. The molecule has 0 saturated carbocycles. The molecule has 5 heteroatoms. The van der Waals surface area contributed by atoms with E-state index in [0.29, 0.717) is 0 Å². The quantitative estimate of drug-likeness (QED) is 0.898. The summed E-state index contributed by atoms with van der Waals surface area (Å²) in [6, 6.07) is 3.19. The Morgan fingerprint density at radius 1 is 1.18 bits per heavy atom. The van der Waals surface area contributed by atoms with E-state index >= 15 is 0 Å². The molecule has 0 unspecified atom stereocenters. The average molecular weight is 258 g/mol. The smallest absolute Gasteiger partial charge is 0.210 e. The van der Waals surface area contributed by atoms with Gasteiger partial charge in [-0.3, -0.25) is 0 Å². The van der Waals surface area contributed by atoms with E-state index in [1.807, 2.05) is 13.8 Å². The number of ether oxygens (including phenoxy) is 1. The normalized spacial score (nSPS) is 12.6. The third-order valence-electron chi connectivity index (χ3n) is 2.73. The first-order valence-electron chi connectivity index (χ1n) is 5.23. The van der Waals surface area contributed by atoms with Crippen LogP contribution in [0.1, 0.15) is 25.0 Å². The molecule has 0 bridgehead atoms. The molecule has 0 atom stereocenters. The molecule has 0 spiro atoms. The summed E-state index contributed by atoms with van der Waals surface area (Å²) in [6.45, 7) is 6.18. The van der Waals surface area contributed by atoms with Crippen LogP contribution in [-0.4, -0.2) is 25.6 Å². The molecule has 0 heterocycles. The summed E-state index contributed by atoms with van der Waals surface area (Å²) in [6.07, 6.45) is 0. The van der Waals surface area contributed by atoms with Crippen LogP contribution < -0.4 is 4.74 Å². The lowest BCUT2D eigenvalue weighted by Gasteiger charge is -2.20. The van der Waals surface area contributed by atoms with Crippen LogP contribution >= 0.6 is 0 Å². The third-order valence-corrected chi connectivity index (χ3v) is 4.94. The summed E-state index contributed by atoms with van der Waals surface area (Å²) >= 11 is 0. The molecule has 0 radical (unpaired) electrons. The molecule has 1 aromatic rings. The van der Waals surface area contributed by atoms with E-state index in [-0.39, 0.29) is 10.6 Å². The van der Waals surface area contributed by atoms with Gasteiger partial charge in [-0.1, -0.05) is 0 Å². The van der Waals surface area contributed by atoms with E-state index in [0.717, 1.165) is 11.1 Å². The molecule has 0 aliphatic carbocycles. The molecule has 0 aliphatic heterocycles. The number of aryl methyl sites for hydroxylation is 2. The van der Waals surface area contributed by atoms with Crippen molar-refractivity contribution in [3.63, 3.8) is 0 Å². The van der Waals surface area contributed by atoms with E-state index < -0.39 is 14.8 Å². The lowest BCUT2D eigenvalue weighted by Crippen LogP contribution is -2.31. The third kappa shape index (κ3) is 2.45. The number of sulfone groups is 1. The maximum atomic E-state index is 12.2. The van der Waals surface area contributed by atoms with Crippen LogP contribution in [-0.2, 0) is 9.84 Å². The summed E-state index contributed by atoms with van der Waals surface area (Å²) in [5.74, 6) is 0.259. The van der Waals surface area contributed by atoms with Crippen molar-refractivity contribution < 1.29 is 18.3 Å². The van der Waals surface area contributed by atoms with Gasteiger partial charge < -0.3 is 9.84 Å². The summed E-state index contributed by atoms with van der Waals surface area (Å²) < 4.78 is 29.4. The lowest BCUT2D eigenvalue weighted by atomic mass is 10.1. The van der Waals surface area contributed by atoms with Crippen molar-refractivity contribution >= 4 is 9.84 Å². The first-order chi connectivity index (χ1) is 7.61. The molecular weight excluding hydrogens is 240 g/mol. The van der Waals surface area contributed by atoms with Crippen molar-refractivity contribution in [1.82, 2.24) is 0 Å². The molecule has 0 aliphatic rings. The van der Waals surface area contributed by atoms with Crippen LogP contribution in [0, 0.1) is 13.8 Å². The predicted molar refractivity (Wildman–Crippen MR) is 66.0 cm³/mol. The van der Waals surface area contributed by atoms with Crippen molar-refractivity contribution in [3.8, 4) is 5.75 Å². The minimum absolute atomic E-state index is 0.0237. The Morgan fingerprint density at radius 2 is 1.65 bits per heavy atom. The predicted octanol–water partition coefficient (Wildman–Crippen LogP) is 1.81. The highest BCUT2D eigenvalue weighted by Crippen LogP contribution is 2.32. The number of hydrogen-bond donors (Lipinski definition) is 1. The van der Waals surface area contributed by atoms with Gasteiger partial charge in [0.2, 0.25) is 9.84 Å². The number of methoxy groups -OCH3 is 1. The molecule has 4 nitrogen and oxygen atoms in total. The van der Waals surface area contributed by atoms with E-state index in [4.69, 9.17) is 4.74 Å². The Kier molecular flexibility index (Phi) is 3.55. The van der Waals surface area contributed by atoms with Gasteiger partial charge in [-0.2, -0.15) is 0 Å². The zero-order chi connectivity index (χ0) is 13.4. The fourth-order valence-corrected chi connectivity index (χ4v) is 2.68. The SMILES string of the molecule is COc1cc(C)c(C)cc1S(=O)(=O)C(C)(C)O. The largest absolute Gasteiger partial charge is 0.495 e. The number of aliphatic hydroxyl groups is 1. The van der Waals surface area contributed by atoms with Gasteiger partial charge in [-0.05, 0) is 51.0 Å². The van der Waals surface area contributed by atoms with Crippen LogP contribution in [0.15, 0.2) is 17.0 Å². The standard InChI is InChI=1S/C12H18O4S/c1-8-6-10(16-5)11(7-9(8)2)17(14,15)12(3,4)13/h6-7,13H,1-5H3. The van der Waals surface area contributed by atoms with Gasteiger partial charge in [-0.25, -0.2) is 8.42 Å². The highest BCUT2D eigenvalue weighted by atomic mass is 32.2. The Morgan fingerprint density at radius 3 is 2.06 bits per heavy atom. The second kappa shape index (κ2) is 4.31. The number of benzene rings is 1. The zero-order valence-corrected chi connectivity index (χ0v) is 11.6. The molecule has 1 rings (SSSR count). The van der Waals surface area contributed by atoms with Gasteiger partial charge in [0.1, 0.15) is 10.6 Å². The summed E-state index contributed by atoms with van der Waals surface area (Å²) in [5, 5.41) is 9.74. The van der Waals surface area contributed by atoms with Crippen molar-refractivity contribution in [3.05, 3.63) is 23.3 Å². The monoisotopic (exact) mass is 258 g/mol. The second-order valence-electron chi connectivity index (χ2n) is 4.54. The molecule has 96 valence electrons. The van der Waals surface area contributed by atoms with Gasteiger partial charge in [0.15, 0.2) is 4.93 Å². The summed E-state index contributed by atoms with van der Waals surface area (Å²) in [7, 11) is -2.42. The maximum absolute atomic E-state index is 12.2. The van der Waals surface area contributed by atoms with Gasteiger partial charge in [-0.15, -0.1) is 0 Å².